The van der Waals surface area contributed by atoms with E-state index in [2.05, 4.69) is 5.32 Å². The van der Waals surface area contributed by atoms with Crippen molar-refractivity contribution in [3.05, 3.63) is 60.2 Å². The Hall–Kier alpha value is -2.13. The van der Waals surface area contributed by atoms with E-state index in [0.29, 0.717) is 5.56 Å². The molecule has 2 N–H and O–H groups in total. The highest BCUT2D eigenvalue weighted by Gasteiger charge is 2.09. The van der Waals surface area contributed by atoms with Crippen molar-refractivity contribution in [3.63, 3.8) is 0 Å². The summed E-state index contributed by atoms with van der Waals surface area (Å²) in [6.07, 6.45) is 4.22. The van der Waals surface area contributed by atoms with Gasteiger partial charge in [0.1, 0.15) is 0 Å². The van der Waals surface area contributed by atoms with Crippen molar-refractivity contribution in [2.45, 2.75) is 19.3 Å². The van der Waals surface area contributed by atoms with Gasteiger partial charge in [0.25, 0.3) is 0 Å². The Kier molecular flexibility index (Phi) is 5.98. The highest BCUT2D eigenvalue weighted by atomic mass is 16.4. The molecule has 0 radical (unpaired) electrons. The number of hydrogen-bond acceptors (Lipinski definition) is 2. The molecule has 0 unspecified atom stereocenters. The van der Waals surface area contributed by atoms with Gasteiger partial charge in [-0.1, -0.05) is 55.0 Å². The Morgan fingerprint density at radius 3 is 2.00 bits per heavy atom. The highest BCUT2D eigenvalue weighted by molar-refractivity contribution is 5.95. The summed E-state index contributed by atoms with van der Waals surface area (Å²) in [5.41, 5.74) is 2.02. The Balaban J connectivity index is 0.000000225. The smallest absolute Gasteiger partial charge is 0.336 e. The first-order valence-corrected chi connectivity index (χ1v) is 7.37. The maximum absolute atomic E-state index is 11.0. The zero-order valence-electron chi connectivity index (χ0n) is 12.1. The van der Waals surface area contributed by atoms with Crippen LogP contribution in [0.3, 0.4) is 0 Å². The molecule has 110 valence electrons. The van der Waals surface area contributed by atoms with Crippen LogP contribution < -0.4 is 5.32 Å². The van der Waals surface area contributed by atoms with Crippen molar-refractivity contribution in [1.29, 1.82) is 0 Å². The number of carboxylic acids is 1. The summed E-state index contributed by atoms with van der Waals surface area (Å²) in [7, 11) is 0. The van der Waals surface area contributed by atoms with Crippen LogP contribution in [-0.2, 0) is 0 Å². The third kappa shape index (κ3) is 4.72. The minimum atomic E-state index is -0.894. The molecule has 2 aromatic rings. The van der Waals surface area contributed by atoms with Gasteiger partial charge < -0.3 is 10.4 Å². The fraction of sp³-hybridized carbons (Fsp3) is 0.278. The van der Waals surface area contributed by atoms with E-state index in [9.17, 15) is 4.79 Å². The summed E-state index contributed by atoms with van der Waals surface area (Å²) < 4.78 is 0. The van der Waals surface area contributed by atoms with Crippen LogP contribution in [0.15, 0.2) is 54.6 Å². The first-order chi connectivity index (χ1) is 10.3. The van der Waals surface area contributed by atoms with Crippen LogP contribution in [0.1, 0.15) is 29.6 Å². The van der Waals surface area contributed by atoms with Gasteiger partial charge in [0.2, 0.25) is 0 Å². The molecular weight excluding hydrogens is 262 g/mol. The predicted molar refractivity (Wildman–Crippen MR) is 85.6 cm³/mol. The quantitative estimate of drug-likeness (QED) is 0.881. The average molecular weight is 283 g/mol. The van der Waals surface area contributed by atoms with E-state index in [0.717, 1.165) is 11.1 Å². The second-order valence-corrected chi connectivity index (χ2v) is 5.03. The monoisotopic (exact) mass is 283 g/mol. The number of nitrogens with one attached hydrogen (secondary N) is 1. The SMILES string of the molecule is C1CCNCC1.O=C(O)c1ccccc1-c1ccccc1. The predicted octanol–water partition coefficient (Wildman–Crippen LogP) is 3.81. The Morgan fingerprint density at radius 2 is 1.48 bits per heavy atom. The Morgan fingerprint density at radius 1 is 0.857 bits per heavy atom. The van der Waals surface area contributed by atoms with Crippen molar-refractivity contribution < 1.29 is 9.90 Å². The maximum atomic E-state index is 11.0. The maximum Gasteiger partial charge on any atom is 0.336 e. The van der Waals surface area contributed by atoms with Gasteiger partial charge in [0.15, 0.2) is 0 Å². The van der Waals surface area contributed by atoms with Crippen LogP contribution in [0, 0.1) is 0 Å². The normalized spacial score (nSPS) is 13.9. The van der Waals surface area contributed by atoms with Gasteiger partial charge in [0.05, 0.1) is 5.56 Å². The molecule has 1 aliphatic heterocycles. The summed E-state index contributed by atoms with van der Waals surface area (Å²) in [5.74, 6) is -0.894. The van der Waals surface area contributed by atoms with Gasteiger partial charge in [-0.25, -0.2) is 4.79 Å². The average Bonchev–Trinajstić information content (AvgIpc) is 2.58. The molecule has 0 amide bonds. The van der Waals surface area contributed by atoms with Gasteiger partial charge >= 0.3 is 5.97 Å². The molecule has 0 bridgehead atoms. The summed E-state index contributed by atoms with van der Waals surface area (Å²) in [6, 6.07) is 16.5. The van der Waals surface area contributed by atoms with E-state index in [-0.39, 0.29) is 0 Å². The molecule has 1 fully saturated rings. The number of piperidine rings is 1. The van der Waals surface area contributed by atoms with E-state index >= 15 is 0 Å². The zero-order chi connectivity index (χ0) is 14.9. The first-order valence-electron chi connectivity index (χ1n) is 7.37. The lowest BCUT2D eigenvalue weighted by Crippen LogP contribution is -2.21. The highest BCUT2D eigenvalue weighted by Crippen LogP contribution is 2.22. The van der Waals surface area contributed by atoms with Crippen molar-refractivity contribution in [2.75, 3.05) is 13.1 Å². The molecule has 21 heavy (non-hydrogen) atoms. The van der Waals surface area contributed by atoms with E-state index in [1.165, 1.54) is 32.4 Å². The van der Waals surface area contributed by atoms with E-state index in [4.69, 9.17) is 5.11 Å². The fourth-order valence-electron chi connectivity index (χ4n) is 2.34. The van der Waals surface area contributed by atoms with Crippen molar-refractivity contribution in [3.8, 4) is 11.1 Å². The van der Waals surface area contributed by atoms with Crippen molar-refractivity contribution in [1.82, 2.24) is 5.32 Å². The lowest BCUT2D eigenvalue weighted by atomic mass is 10.00. The Bertz CT molecular complexity index is 551. The lowest BCUT2D eigenvalue weighted by Gasteiger charge is -2.08. The molecule has 3 heteroatoms. The molecule has 1 saturated heterocycles. The molecule has 1 heterocycles. The minimum Gasteiger partial charge on any atom is -0.478 e. The number of benzene rings is 2. The van der Waals surface area contributed by atoms with Gasteiger partial charge in [-0.05, 0) is 43.1 Å². The first kappa shape index (κ1) is 15.3. The molecule has 0 spiro atoms. The molecule has 0 aromatic heterocycles. The van der Waals surface area contributed by atoms with Crippen LogP contribution in [0.2, 0.25) is 0 Å². The molecule has 0 atom stereocenters. The lowest BCUT2D eigenvalue weighted by molar-refractivity contribution is 0.0697. The second kappa shape index (κ2) is 8.22. The van der Waals surface area contributed by atoms with Crippen LogP contribution in [0.4, 0.5) is 0 Å². The molecule has 3 nitrogen and oxygen atoms in total. The molecule has 1 aliphatic rings. The fourth-order valence-corrected chi connectivity index (χ4v) is 2.34. The van der Waals surface area contributed by atoms with Crippen molar-refractivity contribution in [2.24, 2.45) is 0 Å². The van der Waals surface area contributed by atoms with Crippen LogP contribution >= 0.6 is 0 Å². The van der Waals surface area contributed by atoms with Crippen LogP contribution in [0.25, 0.3) is 11.1 Å². The van der Waals surface area contributed by atoms with E-state index in [1.54, 1.807) is 12.1 Å². The van der Waals surface area contributed by atoms with Crippen LogP contribution in [-0.4, -0.2) is 24.2 Å². The molecule has 0 aliphatic carbocycles. The number of carbonyl (C=O) groups is 1. The van der Waals surface area contributed by atoms with Crippen LogP contribution in [0.5, 0.6) is 0 Å². The molecule has 2 aromatic carbocycles. The standard InChI is InChI=1S/C13H10O2.C5H11N/c14-13(15)12-9-5-4-8-11(12)10-6-2-1-3-7-10;1-2-4-6-5-3-1/h1-9H,(H,14,15);6H,1-5H2. The second-order valence-electron chi connectivity index (χ2n) is 5.03. The topological polar surface area (TPSA) is 49.3 Å². The number of hydrogen-bond donors (Lipinski definition) is 2. The van der Waals surface area contributed by atoms with E-state index in [1.807, 2.05) is 42.5 Å². The largest absolute Gasteiger partial charge is 0.478 e. The van der Waals surface area contributed by atoms with E-state index < -0.39 is 5.97 Å². The number of rotatable bonds is 2. The summed E-state index contributed by atoms with van der Waals surface area (Å²) >= 11 is 0. The third-order valence-corrected chi connectivity index (χ3v) is 3.45. The summed E-state index contributed by atoms with van der Waals surface area (Å²) in [4.78, 5) is 11.0. The summed E-state index contributed by atoms with van der Waals surface area (Å²) in [6.45, 7) is 2.50. The number of aromatic carboxylic acids is 1. The minimum absolute atomic E-state index is 0.337. The van der Waals surface area contributed by atoms with Crippen molar-refractivity contribution >= 4 is 5.97 Å². The Labute approximate surface area is 125 Å². The third-order valence-electron chi connectivity index (χ3n) is 3.45. The van der Waals surface area contributed by atoms with Gasteiger partial charge in [-0.2, -0.15) is 0 Å². The zero-order valence-corrected chi connectivity index (χ0v) is 12.1. The molecular formula is C18H21NO2. The molecule has 3 rings (SSSR count). The summed E-state index contributed by atoms with van der Waals surface area (Å²) in [5, 5.41) is 12.3. The van der Waals surface area contributed by atoms with Gasteiger partial charge in [-0.15, -0.1) is 0 Å². The van der Waals surface area contributed by atoms with Gasteiger partial charge in [-0.3, -0.25) is 0 Å². The number of carboxylic acid groups (broad SMARTS) is 1. The molecule has 0 saturated carbocycles. The van der Waals surface area contributed by atoms with Gasteiger partial charge in [0, 0.05) is 0 Å².